The number of nitrogens with one attached hydrogen (secondary N) is 2. The lowest BCUT2D eigenvalue weighted by atomic mass is 10.2. The molecule has 7 heteroatoms. The highest BCUT2D eigenvalue weighted by atomic mass is 32.1. The van der Waals surface area contributed by atoms with E-state index in [-0.39, 0.29) is 0 Å². The zero-order chi connectivity index (χ0) is 20.4. The van der Waals surface area contributed by atoms with Gasteiger partial charge >= 0.3 is 0 Å². The topological polar surface area (TPSA) is 75.6 Å². The summed E-state index contributed by atoms with van der Waals surface area (Å²) in [5, 5.41) is 7.29. The van der Waals surface area contributed by atoms with Crippen LogP contribution in [0, 0.1) is 6.92 Å². The molecule has 0 aliphatic rings. The van der Waals surface area contributed by atoms with Crippen LogP contribution in [0.15, 0.2) is 41.5 Å². The summed E-state index contributed by atoms with van der Waals surface area (Å²) in [6, 6.07) is 9.88. The Kier molecular flexibility index (Phi) is 8.58. The number of nitrogens with zero attached hydrogens (tertiary/aromatic N) is 2. The van der Waals surface area contributed by atoms with Crippen LogP contribution in [0.1, 0.15) is 29.1 Å². The van der Waals surface area contributed by atoms with Gasteiger partial charge in [-0.2, -0.15) is 0 Å². The number of methoxy groups -OCH3 is 1. The highest BCUT2D eigenvalue weighted by molar-refractivity contribution is 7.21. The molecule has 0 saturated carbocycles. The van der Waals surface area contributed by atoms with Gasteiger partial charge in [-0.1, -0.05) is 31.5 Å². The maximum absolute atomic E-state index is 11.5. The van der Waals surface area contributed by atoms with Crippen LogP contribution in [-0.2, 0) is 4.74 Å². The van der Waals surface area contributed by atoms with Gasteiger partial charge in [-0.05, 0) is 25.1 Å². The van der Waals surface area contributed by atoms with Crippen molar-refractivity contribution >= 4 is 51.2 Å². The number of pyridine rings is 1. The molecule has 148 valence electrons. The van der Waals surface area contributed by atoms with Crippen LogP contribution in [0.4, 0.5) is 17.1 Å². The van der Waals surface area contributed by atoms with Crippen molar-refractivity contribution in [3.8, 4) is 0 Å². The number of anilines is 2. The summed E-state index contributed by atoms with van der Waals surface area (Å²) in [5.74, 6) is 0. The molecule has 1 aromatic carbocycles. The molecule has 28 heavy (non-hydrogen) atoms. The lowest BCUT2D eigenvalue weighted by molar-refractivity contribution is 0.112. The summed E-state index contributed by atoms with van der Waals surface area (Å²) in [4.78, 5) is 21.7. The number of hydrogen-bond donors (Lipinski definition) is 2. The minimum Gasteiger partial charge on any atom is -0.383 e. The summed E-state index contributed by atoms with van der Waals surface area (Å²) in [6.07, 6.45) is 4.15. The van der Waals surface area contributed by atoms with E-state index in [2.05, 4.69) is 20.6 Å². The molecule has 3 aromatic rings. The average molecular weight is 399 g/mol. The molecular weight excluding hydrogens is 372 g/mol. The third-order valence-corrected chi connectivity index (χ3v) is 4.81. The number of aldehydes is 1. The van der Waals surface area contributed by atoms with Crippen molar-refractivity contribution in [2.75, 3.05) is 30.9 Å². The van der Waals surface area contributed by atoms with Gasteiger partial charge in [0.05, 0.1) is 28.9 Å². The Morgan fingerprint density at radius 3 is 2.64 bits per heavy atom. The first-order valence-electron chi connectivity index (χ1n) is 9.18. The Balaban J connectivity index is 0.00000136. The zero-order valence-corrected chi connectivity index (χ0v) is 17.5. The van der Waals surface area contributed by atoms with E-state index in [0.29, 0.717) is 23.7 Å². The van der Waals surface area contributed by atoms with E-state index in [0.717, 1.165) is 27.9 Å². The standard InChI is InChI=1S/C19H20N4O2S.C2H6/c1-13-3-5-14(6-4-13)22-12-23-18-16(11-24)26-19-17(18)15(7-8-21-19)20-9-10-25-2;1-2/h3-8,11-12H,9-10H2,1-2H3,(H,20,21)(H,22,23);1-2H3. The number of aryl methyl sites for hydroxylation is 1. The van der Waals surface area contributed by atoms with E-state index in [9.17, 15) is 4.79 Å². The molecule has 0 saturated heterocycles. The average Bonchev–Trinajstić information content (AvgIpc) is 3.10. The van der Waals surface area contributed by atoms with Gasteiger partial charge in [0.1, 0.15) is 4.83 Å². The van der Waals surface area contributed by atoms with Gasteiger partial charge in [-0.15, -0.1) is 11.3 Å². The number of aliphatic imine (C=N–C) groups is 1. The van der Waals surface area contributed by atoms with E-state index in [4.69, 9.17) is 4.74 Å². The molecule has 0 amide bonds. The fourth-order valence-corrected chi connectivity index (χ4v) is 3.42. The van der Waals surface area contributed by atoms with E-state index >= 15 is 0 Å². The molecule has 0 bridgehead atoms. The number of hydrogen-bond acceptors (Lipinski definition) is 6. The number of rotatable bonds is 8. The fourth-order valence-electron chi connectivity index (χ4n) is 2.49. The Bertz CT molecular complexity index is 920. The number of carbonyl (C=O) groups is 1. The number of carbonyl (C=O) groups excluding carboxylic acids is 1. The first kappa shape index (κ1) is 21.5. The predicted octanol–water partition coefficient (Wildman–Crippen LogP) is 5.27. The monoisotopic (exact) mass is 398 g/mol. The Morgan fingerprint density at radius 2 is 1.96 bits per heavy atom. The van der Waals surface area contributed by atoms with E-state index in [1.165, 1.54) is 16.9 Å². The second-order valence-corrected chi connectivity index (χ2v) is 6.69. The highest BCUT2D eigenvalue weighted by Crippen LogP contribution is 2.39. The Labute approximate surface area is 169 Å². The van der Waals surface area contributed by atoms with Gasteiger partial charge in [-0.3, -0.25) is 4.79 Å². The molecule has 0 spiro atoms. The summed E-state index contributed by atoms with van der Waals surface area (Å²) < 4.78 is 5.08. The van der Waals surface area contributed by atoms with Crippen LogP contribution >= 0.6 is 11.3 Å². The van der Waals surface area contributed by atoms with Crippen LogP contribution in [0.5, 0.6) is 0 Å². The number of fused-ring (bicyclic) bond motifs is 1. The van der Waals surface area contributed by atoms with Crippen molar-refractivity contribution in [3.63, 3.8) is 0 Å². The molecule has 2 aromatic heterocycles. The second kappa shape index (κ2) is 11.2. The summed E-state index contributed by atoms with van der Waals surface area (Å²) in [6.45, 7) is 7.28. The molecule has 0 atom stereocenters. The van der Waals surface area contributed by atoms with Gasteiger partial charge in [0.2, 0.25) is 0 Å². The normalized spacial score (nSPS) is 10.6. The van der Waals surface area contributed by atoms with Crippen molar-refractivity contribution in [1.29, 1.82) is 0 Å². The van der Waals surface area contributed by atoms with Crippen LogP contribution < -0.4 is 10.6 Å². The van der Waals surface area contributed by atoms with Crippen molar-refractivity contribution < 1.29 is 9.53 Å². The summed E-state index contributed by atoms with van der Waals surface area (Å²) in [7, 11) is 1.66. The molecule has 0 aliphatic heterocycles. The number of benzene rings is 1. The quantitative estimate of drug-likeness (QED) is 0.234. The first-order chi connectivity index (χ1) is 13.7. The van der Waals surface area contributed by atoms with Gasteiger partial charge in [-0.25, -0.2) is 9.98 Å². The highest BCUT2D eigenvalue weighted by Gasteiger charge is 2.15. The van der Waals surface area contributed by atoms with E-state index < -0.39 is 0 Å². The van der Waals surface area contributed by atoms with Gasteiger partial charge in [0.25, 0.3) is 0 Å². The molecule has 0 unspecified atom stereocenters. The Hall–Kier alpha value is -2.77. The third-order valence-electron chi connectivity index (χ3n) is 3.80. The lowest BCUT2D eigenvalue weighted by Crippen LogP contribution is -2.07. The first-order valence-corrected chi connectivity index (χ1v) is 10.00. The molecule has 6 nitrogen and oxygen atoms in total. The molecule has 0 aliphatic carbocycles. The summed E-state index contributed by atoms with van der Waals surface area (Å²) in [5.41, 5.74) is 3.63. The number of thiophene rings is 1. The van der Waals surface area contributed by atoms with Crippen LogP contribution in [0.25, 0.3) is 10.2 Å². The molecule has 0 fully saturated rings. The van der Waals surface area contributed by atoms with Crippen molar-refractivity contribution in [1.82, 2.24) is 4.98 Å². The van der Waals surface area contributed by atoms with Gasteiger partial charge in [0.15, 0.2) is 6.29 Å². The minimum absolute atomic E-state index is 0.551. The van der Waals surface area contributed by atoms with Crippen LogP contribution in [-0.4, -0.2) is 37.9 Å². The maximum atomic E-state index is 11.5. The SMILES string of the molecule is CC.COCCNc1ccnc2sc(C=O)c(N=CNc3ccc(C)cc3)c12. The van der Waals surface area contributed by atoms with Crippen LogP contribution in [0.2, 0.25) is 0 Å². The Morgan fingerprint density at radius 1 is 1.21 bits per heavy atom. The van der Waals surface area contributed by atoms with Crippen LogP contribution in [0.3, 0.4) is 0 Å². The fraction of sp³-hybridized carbons (Fsp3) is 0.286. The molecule has 2 heterocycles. The third kappa shape index (κ3) is 5.37. The summed E-state index contributed by atoms with van der Waals surface area (Å²) >= 11 is 1.33. The van der Waals surface area contributed by atoms with E-state index in [1.54, 1.807) is 19.6 Å². The second-order valence-electron chi connectivity index (χ2n) is 5.66. The van der Waals surface area contributed by atoms with Gasteiger partial charge < -0.3 is 15.4 Å². The van der Waals surface area contributed by atoms with Gasteiger partial charge in [0, 0.05) is 31.2 Å². The smallest absolute Gasteiger partial charge is 0.162 e. The van der Waals surface area contributed by atoms with E-state index in [1.807, 2.05) is 51.1 Å². The molecule has 3 rings (SSSR count). The largest absolute Gasteiger partial charge is 0.383 e. The molecule has 0 radical (unpaired) electrons. The molecular formula is C21H26N4O2S. The predicted molar refractivity (Wildman–Crippen MR) is 120 cm³/mol. The minimum atomic E-state index is 0.551. The van der Waals surface area contributed by atoms with Crippen molar-refractivity contribution in [3.05, 3.63) is 47.0 Å². The molecule has 2 N–H and O–H groups in total. The number of ether oxygens (including phenoxy) is 1. The van der Waals surface area contributed by atoms with Crippen molar-refractivity contribution in [2.45, 2.75) is 20.8 Å². The van der Waals surface area contributed by atoms with Crippen molar-refractivity contribution in [2.24, 2.45) is 4.99 Å². The zero-order valence-electron chi connectivity index (χ0n) is 16.7. The maximum Gasteiger partial charge on any atom is 0.162 e. The number of aromatic nitrogens is 1. The lowest BCUT2D eigenvalue weighted by Gasteiger charge is -2.07.